The molecule has 158 valence electrons. The van der Waals surface area contributed by atoms with Crippen LogP contribution in [-0.4, -0.2) is 34.0 Å². The normalized spacial score (nSPS) is 11.8. The Morgan fingerprint density at radius 3 is 2.40 bits per heavy atom. The zero-order valence-corrected chi connectivity index (χ0v) is 16.8. The summed E-state index contributed by atoms with van der Waals surface area (Å²) in [6.45, 7) is 3.95. The molecule has 2 rings (SSSR count). The largest absolute Gasteiger partial charge is 0.368 e. The molecular formula is C20H26N8O2. The van der Waals surface area contributed by atoms with Gasteiger partial charge in [-0.1, -0.05) is 13.8 Å². The number of benzene rings is 1. The fourth-order valence-corrected chi connectivity index (χ4v) is 2.58. The zero-order chi connectivity index (χ0) is 22.1. The van der Waals surface area contributed by atoms with E-state index in [2.05, 4.69) is 25.9 Å². The highest BCUT2D eigenvalue weighted by Crippen LogP contribution is 2.22. The average molecular weight is 410 g/mol. The van der Waals surface area contributed by atoms with Gasteiger partial charge in [-0.15, -0.1) is 0 Å². The summed E-state index contributed by atoms with van der Waals surface area (Å²) in [7, 11) is 0. The predicted molar refractivity (Wildman–Crippen MR) is 118 cm³/mol. The number of primary amides is 2. The summed E-state index contributed by atoms with van der Waals surface area (Å²) in [5.74, 6) is -0.605. The molecule has 1 aromatic carbocycles. The van der Waals surface area contributed by atoms with Gasteiger partial charge >= 0.3 is 0 Å². The number of nitrogens with one attached hydrogen (secondary N) is 4. The first kappa shape index (κ1) is 22.3. The molecule has 30 heavy (non-hydrogen) atoms. The third-order valence-electron chi connectivity index (χ3n) is 4.00. The maximum absolute atomic E-state index is 11.8. The lowest BCUT2D eigenvalue weighted by atomic mass is 10.0. The molecule has 0 fully saturated rings. The number of amides is 2. The number of hydrogen-bond donors (Lipinski definition) is 6. The summed E-state index contributed by atoms with van der Waals surface area (Å²) >= 11 is 0. The van der Waals surface area contributed by atoms with E-state index >= 15 is 0 Å². The molecule has 0 saturated carbocycles. The van der Waals surface area contributed by atoms with Gasteiger partial charge in [0.2, 0.25) is 11.9 Å². The first-order valence-corrected chi connectivity index (χ1v) is 9.32. The minimum atomic E-state index is -0.687. The lowest BCUT2D eigenvalue weighted by molar-refractivity contribution is -0.119. The third-order valence-corrected chi connectivity index (χ3v) is 4.00. The van der Waals surface area contributed by atoms with Crippen LogP contribution in [0.3, 0.4) is 0 Å². The van der Waals surface area contributed by atoms with E-state index < -0.39 is 17.9 Å². The van der Waals surface area contributed by atoms with Crippen LogP contribution < -0.4 is 27.4 Å². The molecular weight excluding hydrogens is 384 g/mol. The highest BCUT2D eigenvalue weighted by Gasteiger charge is 2.19. The Morgan fingerprint density at radius 2 is 1.83 bits per heavy atom. The van der Waals surface area contributed by atoms with Crippen LogP contribution in [0, 0.1) is 11.3 Å². The van der Waals surface area contributed by atoms with Crippen molar-refractivity contribution >= 4 is 41.2 Å². The number of allylic oxidation sites excluding steroid dienone is 1. The summed E-state index contributed by atoms with van der Waals surface area (Å²) in [5, 5.41) is 15.9. The van der Waals surface area contributed by atoms with Crippen LogP contribution in [0.4, 0.5) is 23.1 Å². The van der Waals surface area contributed by atoms with Crippen LogP contribution in [-0.2, 0) is 4.79 Å². The smallest absolute Gasteiger partial charge is 0.254 e. The Kier molecular flexibility index (Phi) is 7.86. The number of hydrogen-bond acceptors (Lipinski definition) is 8. The molecule has 10 heteroatoms. The highest BCUT2D eigenvalue weighted by atomic mass is 16.1. The van der Waals surface area contributed by atoms with E-state index in [1.54, 1.807) is 24.4 Å². The summed E-state index contributed by atoms with van der Waals surface area (Å²) < 4.78 is 0. The van der Waals surface area contributed by atoms with Crippen molar-refractivity contribution < 1.29 is 9.59 Å². The molecule has 0 aliphatic heterocycles. The molecule has 0 unspecified atom stereocenters. The van der Waals surface area contributed by atoms with Gasteiger partial charge in [-0.2, -0.15) is 4.98 Å². The molecule has 0 bridgehead atoms. The Morgan fingerprint density at radius 1 is 1.17 bits per heavy atom. The Balaban J connectivity index is 2.23. The molecule has 1 aromatic heterocycles. The molecule has 0 saturated heterocycles. The monoisotopic (exact) mass is 410 g/mol. The maximum Gasteiger partial charge on any atom is 0.254 e. The summed E-state index contributed by atoms with van der Waals surface area (Å²) in [6.07, 6.45) is 6.17. The molecule has 1 atom stereocenters. The maximum atomic E-state index is 11.8. The number of aromatic nitrogens is 2. The summed E-state index contributed by atoms with van der Waals surface area (Å²) in [4.78, 5) is 31.9. The Labute approximate surface area is 174 Å². The fraction of sp³-hybridized carbons (Fsp3) is 0.250. The molecule has 0 aliphatic carbocycles. The van der Waals surface area contributed by atoms with Gasteiger partial charge in [0.15, 0.2) is 0 Å². The van der Waals surface area contributed by atoms with Crippen LogP contribution in [0.25, 0.3) is 0 Å². The number of nitrogens with zero attached hydrogens (tertiary/aromatic N) is 2. The first-order chi connectivity index (χ1) is 14.3. The van der Waals surface area contributed by atoms with Gasteiger partial charge in [0.05, 0.1) is 0 Å². The standard InChI is InChI=1S/C20H26N8O2/c1-12(2)10-16(18(23)30)27-20-25-11-15(17(22)29)19(28-20)26-14-6-4-13(5-7-14)24-9-3-8-21/h3-9,11-12,16,21,24H,10H2,1-2H3,(H2,22,29)(H2,23,30)(H2,25,26,27,28)/b9-3-,21-8?/t16-/m1/s1. The molecule has 2 aromatic rings. The van der Waals surface area contributed by atoms with Crippen molar-refractivity contribution in [3.05, 3.63) is 48.3 Å². The average Bonchev–Trinajstić information content (AvgIpc) is 2.68. The zero-order valence-electron chi connectivity index (χ0n) is 16.8. The number of carbonyl (C=O) groups excluding carboxylic acids is 2. The second kappa shape index (κ2) is 10.6. The van der Waals surface area contributed by atoms with Crippen molar-refractivity contribution in [3.8, 4) is 0 Å². The van der Waals surface area contributed by atoms with E-state index in [1.165, 1.54) is 12.4 Å². The van der Waals surface area contributed by atoms with Crippen molar-refractivity contribution in [1.82, 2.24) is 9.97 Å². The molecule has 8 N–H and O–H groups in total. The van der Waals surface area contributed by atoms with Crippen LogP contribution >= 0.6 is 0 Å². The number of rotatable bonds is 11. The van der Waals surface area contributed by atoms with Crippen molar-refractivity contribution in [2.75, 3.05) is 16.0 Å². The molecule has 0 spiro atoms. The predicted octanol–water partition coefficient (Wildman–Crippen LogP) is 2.21. The van der Waals surface area contributed by atoms with E-state index in [0.29, 0.717) is 12.1 Å². The van der Waals surface area contributed by atoms with Crippen molar-refractivity contribution in [1.29, 1.82) is 5.41 Å². The molecule has 10 nitrogen and oxygen atoms in total. The second-order valence-corrected chi connectivity index (χ2v) is 6.92. The second-order valence-electron chi connectivity index (χ2n) is 6.92. The highest BCUT2D eigenvalue weighted by molar-refractivity contribution is 5.98. The SMILES string of the molecule is CC(C)C[C@@H](Nc1ncc(C(N)=O)c(Nc2ccc(N/C=C\C=N)cc2)n1)C(N)=O. The number of anilines is 4. The molecule has 0 radical (unpaired) electrons. The van der Waals surface area contributed by atoms with E-state index in [1.807, 2.05) is 26.0 Å². The minimum Gasteiger partial charge on any atom is -0.368 e. The third kappa shape index (κ3) is 6.59. The van der Waals surface area contributed by atoms with Gasteiger partial charge in [0, 0.05) is 30.0 Å². The van der Waals surface area contributed by atoms with Crippen molar-refractivity contribution in [2.45, 2.75) is 26.3 Å². The number of carbonyl (C=O) groups is 2. The van der Waals surface area contributed by atoms with Crippen molar-refractivity contribution in [2.24, 2.45) is 17.4 Å². The summed E-state index contributed by atoms with van der Waals surface area (Å²) in [6, 6.07) is 6.55. The van der Waals surface area contributed by atoms with Crippen LogP contribution in [0.15, 0.2) is 42.7 Å². The molecule has 0 aliphatic rings. The van der Waals surface area contributed by atoms with Gasteiger partial charge in [0.1, 0.15) is 17.4 Å². The van der Waals surface area contributed by atoms with Gasteiger partial charge in [0.25, 0.3) is 5.91 Å². The van der Waals surface area contributed by atoms with Gasteiger partial charge < -0.3 is 32.8 Å². The van der Waals surface area contributed by atoms with E-state index in [0.717, 1.165) is 5.69 Å². The number of nitrogens with two attached hydrogens (primary N) is 2. The molecule has 2 amide bonds. The summed E-state index contributed by atoms with van der Waals surface area (Å²) in [5.41, 5.74) is 12.5. The Bertz CT molecular complexity index is 925. The Hall–Kier alpha value is -3.95. The topological polar surface area (TPSA) is 172 Å². The first-order valence-electron chi connectivity index (χ1n) is 9.32. The van der Waals surface area contributed by atoms with E-state index in [4.69, 9.17) is 16.9 Å². The van der Waals surface area contributed by atoms with Crippen LogP contribution in [0.5, 0.6) is 0 Å². The van der Waals surface area contributed by atoms with Gasteiger partial charge in [-0.25, -0.2) is 4.98 Å². The van der Waals surface area contributed by atoms with E-state index in [-0.39, 0.29) is 23.2 Å². The van der Waals surface area contributed by atoms with Gasteiger partial charge in [-0.05, 0) is 42.7 Å². The quantitative estimate of drug-likeness (QED) is 0.308. The lowest BCUT2D eigenvalue weighted by Gasteiger charge is -2.18. The lowest BCUT2D eigenvalue weighted by Crippen LogP contribution is -2.37. The minimum absolute atomic E-state index is 0.108. The molecule has 1 heterocycles. The van der Waals surface area contributed by atoms with Crippen LogP contribution in [0.1, 0.15) is 30.6 Å². The van der Waals surface area contributed by atoms with E-state index in [9.17, 15) is 9.59 Å². The fourth-order valence-electron chi connectivity index (χ4n) is 2.58. The van der Waals surface area contributed by atoms with Crippen LogP contribution in [0.2, 0.25) is 0 Å². The van der Waals surface area contributed by atoms with Gasteiger partial charge in [-0.3, -0.25) is 9.59 Å². The van der Waals surface area contributed by atoms with Crippen molar-refractivity contribution in [3.63, 3.8) is 0 Å².